The number of rotatable bonds is 9. The van der Waals surface area contributed by atoms with Crippen LogP contribution < -0.4 is 4.24 Å². The van der Waals surface area contributed by atoms with E-state index in [0.29, 0.717) is 13.0 Å². The molecule has 0 saturated carbocycles. The zero-order valence-corrected chi connectivity index (χ0v) is 19.4. The molecule has 3 rings (SSSR count). The van der Waals surface area contributed by atoms with Crippen LogP contribution in [0.3, 0.4) is 0 Å². The maximum atomic E-state index is 12.9. The summed E-state index contributed by atoms with van der Waals surface area (Å²) in [5, 5.41) is 0. The first-order valence-electron chi connectivity index (χ1n) is 9.71. The van der Waals surface area contributed by atoms with Gasteiger partial charge in [0.15, 0.2) is 0 Å². The fourth-order valence-corrected chi connectivity index (χ4v) is 4.79. The Balaban J connectivity index is 1.78. The molecule has 1 atom stereocenters. The van der Waals surface area contributed by atoms with Gasteiger partial charge in [-0.3, -0.25) is 0 Å². The van der Waals surface area contributed by atoms with Gasteiger partial charge in [0.25, 0.3) is 0 Å². The Bertz CT molecular complexity index is 1050. The van der Waals surface area contributed by atoms with E-state index in [2.05, 4.69) is 15.9 Å². The van der Waals surface area contributed by atoms with Gasteiger partial charge in [-0.05, 0) is 0 Å². The number of halogens is 1. The second kappa shape index (κ2) is 10.8. The topological polar surface area (TPSA) is 52.6 Å². The normalized spacial score (nSPS) is 12.7. The summed E-state index contributed by atoms with van der Waals surface area (Å²) in [5.41, 5.74) is 3.01. The number of aryl methyl sites for hydroxylation is 1. The number of benzene rings is 3. The van der Waals surface area contributed by atoms with Gasteiger partial charge in [-0.2, -0.15) is 0 Å². The van der Waals surface area contributed by atoms with E-state index in [4.69, 9.17) is 8.92 Å². The summed E-state index contributed by atoms with van der Waals surface area (Å²) in [5.74, 6) is 0. The van der Waals surface area contributed by atoms with E-state index in [-0.39, 0.29) is 11.5 Å². The molecular weight excluding hydrogens is 459 g/mol. The van der Waals surface area contributed by atoms with Crippen LogP contribution in [0.4, 0.5) is 0 Å². The Morgan fingerprint density at radius 3 is 2.33 bits per heavy atom. The molecule has 0 radical (unpaired) electrons. The SMILES string of the molecule is [Li][c]1cccc(Br)c1C[C@@H](COCc1ccccc1)OS(=O)(=O)c1ccc(C)cc1. The molecule has 0 unspecified atom stereocenters. The van der Waals surface area contributed by atoms with E-state index < -0.39 is 16.2 Å². The third-order valence-electron chi connectivity index (χ3n) is 4.77. The maximum absolute atomic E-state index is 12.9. The van der Waals surface area contributed by atoms with Crippen LogP contribution in [0.1, 0.15) is 16.7 Å². The third-order valence-corrected chi connectivity index (χ3v) is 6.89. The van der Waals surface area contributed by atoms with Gasteiger partial charge in [-0.25, -0.2) is 0 Å². The van der Waals surface area contributed by atoms with Crippen molar-refractivity contribution in [1.29, 1.82) is 0 Å². The Kier molecular flexibility index (Phi) is 8.35. The Labute approximate surface area is 196 Å². The molecule has 30 heavy (non-hydrogen) atoms. The van der Waals surface area contributed by atoms with E-state index in [0.717, 1.165) is 25.4 Å². The Morgan fingerprint density at radius 2 is 1.67 bits per heavy atom. The van der Waals surface area contributed by atoms with Gasteiger partial charge in [0.2, 0.25) is 0 Å². The molecule has 0 N–H and O–H groups in total. The van der Waals surface area contributed by atoms with Crippen LogP contribution in [0.5, 0.6) is 0 Å². The molecule has 0 saturated heterocycles. The summed E-state index contributed by atoms with van der Waals surface area (Å²) in [7, 11) is -3.91. The first-order valence-corrected chi connectivity index (χ1v) is 11.9. The third kappa shape index (κ3) is 6.55. The fraction of sp³-hybridized carbons (Fsp3) is 0.217. The van der Waals surface area contributed by atoms with E-state index in [1.165, 1.54) is 0 Å². The summed E-state index contributed by atoms with van der Waals surface area (Å²) in [6.45, 7) is 2.45. The predicted octanol–water partition coefficient (Wildman–Crippen LogP) is 4.08. The van der Waals surface area contributed by atoms with Crippen molar-refractivity contribution < 1.29 is 17.3 Å². The summed E-state index contributed by atoms with van der Waals surface area (Å²) in [4.78, 5) is 0.144. The molecule has 0 aliphatic rings. The molecule has 3 aromatic rings. The van der Waals surface area contributed by atoms with E-state index in [1.807, 2.05) is 73.2 Å². The quantitative estimate of drug-likeness (QED) is 0.342. The van der Waals surface area contributed by atoms with Gasteiger partial charge in [-0.1, -0.05) is 0 Å². The van der Waals surface area contributed by atoms with Crippen LogP contribution in [0.25, 0.3) is 0 Å². The van der Waals surface area contributed by atoms with Crippen molar-refractivity contribution >= 4 is 48.0 Å². The zero-order valence-electron chi connectivity index (χ0n) is 17.0. The first kappa shape index (κ1) is 23.3. The van der Waals surface area contributed by atoms with Crippen LogP contribution in [0, 0.1) is 6.92 Å². The van der Waals surface area contributed by atoms with E-state index in [1.54, 1.807) is 24.3 Å². The average molecular weight is 481 g/mol. The summed E-state index contributed by atoms with van der Waals surface area (Å²) in [6, 6.07) is 22.3. The second-order valence-electron chi connectivity index (χ2n) is 7.23. The molecular formula is C23H22BrLiO4S. The van der Waals surface area contributed by atoms with Gasteiger partial charge in [0.1, 0.15) is 0 Å². The molecule has 0 aromatic heterocycles. The molecule has 152 valence electrons. The summed E-state index contributed by atoms with van der Waals surface area (Å²) >= 11 is 5.56. The molecule has 0 amide bonds. The molecule has 0 aliphatic carbocycles. The van der Waals surface area contributed by atoms with Crippen molar-refractivity contribution in [1.82, 2.24) is 0 Å². The fourth-order valence-electron chi connectivity index (χ4n) is 3.10. The van der Waals surface area contributed by atoms with Crippen LogP contribution in [0.2, 0.25) is 0 Å². The van der Waals surface area contributed by atoms with Gasteiger partial charge in [0.05, 0.1) is 0 Å². The summed E-state index contributed by atoms with van der Waals surface area (Å²) in [6.07, 6.45) is -0.245. The van der Waals surface area contributed by atoms with Crippen molar-refractivity contribution in [3.05, 3.63) is 94.0 Å². The van der Waals surface area contributed by atoms with Crippen molar-refractivity contribution in [3.63, 3.8) is 0 Å². The van der Waals surface area contributed by atoms with Gasteiger partial charge in [-0.15, -0.1) is 0 Å². The second-order valence-corrected chi connectivity index (χ2v) is 9.65. The molecule has 3 aromatic carbocycles. The van der Waals surface area contributed by atoms with Crippen LogP contribution in [0.15, 0.2) is 82.2 Å². The molecule has 0 aliphatic heterocycles. The van der Waals surface area contributed by atoms with Crippen LogP contribution >= 0.6 is 15.9 Å². The zero-order chi connectivity index (χ0) is 21.6. The van der Waals surface area contributed by atoms with Crippen LogP contribution in [-0.2, 0) is 32.1 Å². The van der Waals surface area contributed by atoms with Crippen molar-refractivity contribution in [2.24, 2.45) is 0 Å². The van der Waals surface area contributed by atoms with Crippen LogP contribution in [-0.4, -0.2) is 38.8 Å². The van der Waals surface area contributed by atoms with Gasteiger partial charge >= 0.3 is 197 Å². The van der Waals surface area contributed by atoms with Crippen molar-refractivity contribution in [2.75, 3.05) is 6.61 Å². The minimum absolute atomic E-state index is 0.144. The molecule has 0 fully saturated rings. The van der Waals surface area contributed by atoms with Crippen molar-refractivity contribution in [3.8, 4) is 0 Å². The molecule has 0 heterocycles. The minimum atomic E-state index is -3.91. The number of hydrogen-bond acceptors (Lipinski definition) is 4. The van der Waals surface area contributed by atoms with E-state index >= 15 is 0 Å². The molecule has 0 spiro atoms. The van der Waals surface area contributed by atoms with Crippen molar-refractivity contribution in [2.45, 2.75) is 31.0 Å². The monoisotopic (exact) mass is 480 g/mol. The van der Waals surface area contributed by atoms with Gasteiger partial charge in [0, 0.05) is 0 Å². The Hall–Kier alpha value is -1.39. The molecule has 4 nitrogen and oxygen atoms in total. The first-order chi connectivity index (χ1) is 14.3. The predicted molar refractivity (Wildman–Crippen MR) is 123 cm³/mol. The summed E-state index contributed by atoms with van der Waals surface area (Å²) < 4.78 is 39.2. The molecule has 0 bridgehead atoms. The number of ether oxygens (including phenoxy) is 1. The number of hydrogen-bond donors (Lipinski definition) is 0. The van der Waals surface area contributed by atoms with E-state index in [9.17, 15) is 8.42 Å². The average Bonchev–Trinajstić information content (AvgIpc) is 2.71. The molecule has 7 heteroatoms. The standard InChI is InChI=1S/C23H22BrO4S.Li/c1-18-11-13-22(14-12-18)29(25,26)28-21(15-20-9-5-6-10-23(20)24)17-27-16-19-7-3-2-4-8-19;/h2-8,10-14,21H,15-17H2,1H3;/t21-;/m0./s1. The van der Waals surface area contributed by atoms with Gasteiger partial charge < -0.3 is 0 Å². The Morgan fingerprint density at radius 1 is 0.967 bits per heavy atom.